The van der Waals surface area contributed by atoms with Crippen LogP contribution >= 0.6 is 11.8 Å². The number of hydrogen-bond donors (Lipinski definition) is 0. The number of aromatic nitrogens is 2. The second-order valence-corrected chi connectivity index (χ2v) is 4.71. The molecule has 3 nitrogen and oxygen atoms in total. The summed E-state index contributed by atoms with van der Waals surface area (Å²) in [6.07, 6.45) is 3.54. The first-order valence-electron chi connectivity index (χ1n) is 5.64. The number of thioether (sulfide) groups is 1. The lowest BCUT2D eigenvalue weighted by Crippen LogP contribution is -2.12. The minimum Gasteiger partial charge on any atom is -0.323 e. The third kappa shape index (κ3) is 3.34. The zero-order chi connectivity index (χ0) is 12.8. The van der Waals surface area contributed by atoms with Gasteiger partial charge in [-0.3, -0.25) is 4.79 Å². The van der Waals surface area contributed by atoms with Crippen LogP contribution in [-0.4, -0.2) is 9.55 Å². The molecule has 92 valence electrons. The van der Waals surface area contributed by atoms with Gasteiger partial charge in [-0.2, -0.15) is 4.98 Å². The van der Waals surface area contributed by atoms with E-state index in [4.69, 9.17) is 0 Å². The summed E-state index contributed by atoms with van der Waals surface area (Å²) in [5, 5.41) is 0.728. The molecule has 2 rings (SSSR count). The molecule has 0 aliphatic rings. The van der Waals surface area contributed by atoms with Crippen molar-refractivity contribution >= 4 is 11.8 Å². The van der Waals surface area contributed by atoms with Crippen molar-refractivity contribution in [2.75, 3.05) is 0 Å². The standard InChI is InChI=1S/C14H14N2OS/c1-2-9-16-10-8-13(17)15-14(16)18-11-12-6-4-3-5-7-12/h2-8,10H,1,9,11H2. The molecule has 4 heteroatoms. The van der Waals surface area contributed by atoms with Crippen LogP contribution in [-0.2, 0) is 12.3 Å². The van der Waals surface area contributed by atoms with Crippen molar-refractivity contribution in [1.29, 1.82) is 0 Å². The molecular formula is C14H14N2OS. The molecule has 0 saturated carbocycles. The fourth-order valence-electron chi connectivity index (χ4n) is 1.53. The highest BCUT2D eigenvalue weighted by molar-refractivity contribution is 7.98. The number of hydrogen-bond acceptors (Lipinski definition) is 3. The van der Waals surface area contributed by atoms with Crippen molar-refractivity contribution in [2.45, 2.75) is 17.5 Å². The van der Waals surface area contributed by atoms with Crippen LogP contribution in [0.1, 0.15) is 5.56 Å². The van der Waals surface area contributed by atoms with Gasteiger partial charge in [0.25, 0.3) is 5.56 Å². The third-order valence-electron chi connectivity index (χ3n) is 2.39. The maximum absolute atomic E-state index is 11.3. The Morgan fingerprint density at radius 1 is 1.28 bits per heavy atom. The van der Waals surface area contributed by atoms with Crippen molar-refractivity contribution in [2.24, 2.45) is 0 Å². The number of benzene rings is 1. The zero-order valence-corrected chi connectivity index (χ0v) is 10.8. The molecule has 0 fully saturated rings. The maximum atomic E-state index is 11.3. The minimum atomic E-state index is -0.203. The Hall–Kier alpha value is -1.81. The molecule has 1 aromatic heterocycles. The van der Waals surface area contributed by atoms with Crippen LogP contribution in [0.2, 0.25) is 0 Å². The first kappa shape index (κ1) is 12.6. The summed E-state index contributed by atoms with van der Waals surface area (Å²) in [5.41, 5.74) is 1.01. The monoisotopic (exact) mass is 258 g/mol. The van der Waals surface area contributed by atoms with Gasteiger partial charge in [0, 0.05) is 24.6 Å². The van der Waals surface area contributed by atoms with Gasteiger partial charge in [-0.15, -0.1) is 6.58 Å². The highest BCUT2D eigenvalue weighted by atomic mass is 32.2. The largest absolute Gasteiger partial charge is 0.323 e. The molecule has 1 heterocycles. The average molecular weight is 258 g/mol. The molecule has 0 N–H and O–H groups in total. The summed E-state index contributed by atoms with van der Waals surface area (Å²) in [6, 6.07) is 11.6. The summed E-state index contributed by atoms with van der Waals surface area (Å²) >= 11 is 1.56. The van der Waals surface area contributed by atoms with Gasteiger partial charge < -0.3 is 4.57 Å². The molecule has 0 atom stereocenters. The van der Waals surface area contributed by atoms with Gasteiger partial charge in [-0.1, -0.05) is 48.2 Å². The fraction of sp³-hybridized carbons (Fsp3) is 0.143. The molecule has 0 amide bonds. The molecule has 0 bridgehead atoms. The summed E-state index contributed by atoms with van der Waals surface area (Å²) in [7, 11) is 0. The van der Waals surface area contributed by atoms with Gasteiger partial charge in [0.2, 0.25) is 0 Å². The Morgan fingerprint density at radius 3 is 2.78 bits per heavy atom. The van der Waals surface area contributed by atoms with E-state index in [9.17, 15) is 4.79 Å². The SMILES string of the molecule is C=CCn1ccc(=O)nc1SCc1ccccc1. The van der Waals surface area contributed by atoms with Crippen LogP contribution in [0.4, 0.5) is 0 Å². The summed E-state index contributed by atoms with van der Waals surface area (Å²) in [6.45, 7) is 4.36. The van der Waals surface area contributed by atoms with Gasteiger partial charge in [-0.05, 0) is 5.56 Å². The van der Waals surface area contributed by atoms with Crippen molar-refractivity contribution in [3.8, 4) is 0 Å². The average Bonchev–Trinajstić information content (AvgIpc) is 2.40. The lowest BCUT2D eigenvalue weighted by Gasteiger charge is -2.09. The van der Waals surface area contributed by atoms with Crippen LogP contribution in [0.3, 0.4) is 0 Å². The molecule has 0 aliphatic heterocycles. The fourth-order valence-corrected chi connectivity index (χ4v) is 2.47. The smallest absolute Gasteiger partial charge is 0.273 e. The van der Waals surface area contributed by atoms with Crippen LogP contribution in [0.25, 0.3) is 0 Å². The normalized spacial score (nSPS) is 10.2. The Labute approximate surface area is 110 Å². The predicted molar refractivity (Wildman–Crippen MR) is 74.7 cm³/mol. The first-order valence-corrected chi connectivity index (χ1v) is 6.63. The van der Waals surface area contributed by atoms with E-state index in [-0.39, 0.29) is 5.56 Å². The number of rotatable bonds is 5. The van der Waals surface area contributed by atoms with E-state index in [2.05, 4.69) is 23.7 Å². The Balaban J connectivity index is 2.15. The van der Waals surface area contributed by atoms with Crippen LogP contribution in [0.5, 0.6) is 0 Å². The number of allylic oxidation sites excluding steroid dienone is 1. The van der Waals surface area contributed by atoms with Gasteiger partial charge >= 0.3 is 0 Å². The van der Waals surface area contributed by atoms with E-state index >= 15 is 0 Å². The Bertz CT molecular complexity index is 578. The highest BCUT2D eigenvalue weighted by Gasteiger charge is 2.03. The molecule has 0 saturated heterocycles. The lowest BCUT2D eigenvalue weighted by molar-refractivity contribution is 0.676. The second-order valence-electron chi connectivity index (χ2n) is 3.76. The van der Waals surface area contributed by atoms with Crippen molar-refractivity contribution in [1.82, 2.24) is 9.55 Å². The maximum Gasteiger partial charge on any atom is 0.273 e. The van der Waals surface area contributed by atoms with Crippen molar-refractivity contribution < 1.29 is 0 Å². The molecule has 0 aliphatic carbocycles. The Morgan fingerprint density at radius 2 is 2.06 bits per heavy atom. The van der Waals surface area contributed by atoms with E-state index in [0.29, 0.717) is 6.54 Å². The van der Waals surface area contributed by atoms with Crippen molar-refractivity contribution in [3.63, 3.8) is 0 Å². The van der Waals surface area contributed by atoms with E-state index < -0.39 is 0 Å². The highest BCUT2D eigenvalue weighted by Crippen LogP contribution is 2.19. The van der Waals surface area contributed by atoms with E-state index in [1.54, 1.807) is 24.0 Å². The molecule has 0 unspecified atom stereocenters. The molecule has 18 heavy (non-hydrogen) atoms. The number of nitrogens with zero attached hydrogens (tertiary/aromatic N) is 2. The molecule has 0 spiro atoms. The van der Waals surface area contributed by atoms with Gasteiger partial charge in [-0.25, -0.2) is 0 Å². The van der Waals surface area contributed by atoms with E-state index in [1.807, 2.05) is 22.8 Å². The Kier molecular flexibility index (Phi) is 4.36. The summed E-state index contributed by atoms with van der Waals surface area (Å²) in [4.78, 5) is 15.3. The van der Waals surface area contributed by atoms with E-state index in [1.165, 1.54) is 11.6 Å². The van der Waals surface area contributed by atoms with Crippen molar-refractivity contribution in [3.05, 3.63) is 71.2 Å². The summed E-state index contributed by atoms with van der Waals surface area (Å²) < 4.78 is 1.92. The zero-order valence-electron chi connectivity index (χ0n) is 9.95. The quantitative estimate of drug-likeness (QED) is 0.470. The van der Waals surface area contributed by atoms with Gasteiger partial charge in [0.1, 0.15) is 0 Å². The van der Waals surface area contributed by atoms with Gasteiger partial charge in [0.15, 0.2) is 5.16 Å². The van der Waals surface area contributed by atoms with Crippen LogP contribution in [0, 0.1) is 0 Å². The third-order valence-corrected chi connectivity index (χ3v) is 3.45. The minimum absolute atomic E-state index is 0.203. The van der Waals surface area contributed by atoms with Gasteiger partial charge in [0.05, 0.1) is 0 Å². The predicted octanol–water partition coefficient (Wildman–Crippen LogP) is 2.72. The van der Waals surface area contributed by atoms with Crippen LogP contribution < -0.4 is 5.56 Å². The molecular weight excluding hydrogens is 244 g/mol. The molecule has 1 aromatic carbocycles. The topological polar surface area (TPSA) is 34.9 Å². The molecule has 2 aromatic rings. The first-order chi connectivity index (χ1) is 8.79. The van der Waals surface area contributed by atoms with E-state index in [0.717, 1.165) is 10.9 Å². The lowest BCUT2D eigenvalue weighted by atomic mass is 10.2. The second kappa shape index (κ2) is 6.21. The summed E-state index contributed by atoms with van der Waals surface area (Å²) in [5.74, 6) is 0.800. The van der Waals surface area contributed by atoms with Crippen LogP contribution in [0.15, 0.2) is 65.2 Å². The molecule has 0 radical (unpaired) electrons.